The molecule has 1 atom stereocenters. The minimum Gasteiger partial charge on any atom is -0.466 e. The van der Waals surface area contributed by atoms with Crippen LogP contribution in [0.3, 0.4) is 0 Å². The molecule has 1 fully saturated rings. The van der Waals surface area contributed by atoms with Crippen molar-refractivity contribution < 1.29 is 23.8 Å². The first-order chi connectivity index (χ1) is 17.1. The van der Waals surface area contributed by atoms with E-state index in [1.807, 2.05) is 36.2 Å². The second-order valence-corrected chi connectivity index (χ2v) is 9.21. The molecule has 5 rings (SSSR count). The van der Waals surface area contributed by atoms with Crippen molar-refractivity contribution in [1.29, 1.82) is 0 Å². The number of esters is 1. The lowest BCUT2D eigenvalue weighted by atomic mass is 9.86. The summed E-state index contributed by atoms with van der Waals surface area (Å²) in [6.45, 7) is 5.72. The van der Waals surface area contributed by atoms with Gasteiger partial charge in [-0.25, -0.2) is 0 Å². The predicted molar refractivity (Wildman–Crippen MR) is 133 cm³/mol. The number of nitrogens with one attached hydrogen (secondary N) is 1. The Balaban J connectivity index is 1.42. The summed E-state index contributed by atoms with van der Waals surface area (Å²) in [6, 6.07) is 12.3. The number of benzene rings is 2. The first-order valence-corrected chi connectivity index (χ1v) is 12.5. The van der Waals surface area contributed by atoms with Crippen molar-refractivity contribution in [3.63, 3.8) is 0 Å². The van der Waals surface area contributed by atoms with E-state index in [0.717, 1.165) is 34.2 Å². The van der Waals surface area contributed by atoms with Crippen molar-refractivity contribution in [2.75, 3.05) is 26.5 Å². The molecule has 0 aliphatic carbocycles. The van der Waals surface area contributed by atoms with Crippen LogP contribution in [-0.2, 0) is 20.7 Å². The van der Waals surface area contributed by atoms with Gasteiger partial charge in [-0.15, -0.1) is 0 Å². The molecule has 1 amide bonds. The Bertz CT molecular complexity index is 1230. The lowest BCUT2D eigenvalue weighted by Crippen LogP contribution is -2.41. The summed E-state index contributed by atoms with van der Waals surface area (Å²) in [4.78, 5) is 31.0. The second kappa shape index (κ2) is 10.0. The van der Waals surface area contributed by atoms with Crippen molar-refractivity contribution in [2.45, 2.75) is 45.4 Å². The Morgan fingerprint density at radius 2 is 1.91 bits per heavy atom. The molecule has 3 heterocycles. The SMILES string of the molecule is CCOC(=O)C1CCN(C(=O)CC(c2ccc3c(c2)OCO3)c2c[nH]c3c(CC)cccc23)CC1. The first-order valence-electron chi connectivity index (χ1n) is 12.5. The zero-order chi connectivity index (χ0) is 24.4. The molecule has 2 aliphatic heterocycles. The van der Waals surface area contributed by atoms with Gasteiger partial charge in [-0.3, -0.25) is 9.59 Å². The zero-order valence-corrected chi connectivity index (χ0v) is 20.3. The summed E-state index contributed by atoms with van der Waals surface area (Å²) in [6.07, 6.45) is 4.60. The van der Waals surface area contributed by atoms with Crippen LogP contribution in [0, 0.1) is 5.92 Å². The molecule has 3 aromatic rings. The summed E-state index contributed by atoms with van der Waals surface area (Å²) in [5.74, 6) is 1.13. The van der Waals surface area contributed by atoms with Crippen LogP contribution in [0.5, 0.6) is 11.5 Å². The molecular formula is C28H32N2O5. The number of nitrogens with zero attached hydrogens (tertiary/aromatic N) is 1. The summed E-state index contributed by atoms with van der Waals surface area (Å²) in [5.41, 5.74) is 4.50. The van der Waals surface area contributed by atoms with E-state index in [-0.39, 0.29) is 30.5 Å². The number of aryl methyl sites for hydroxylation is 1. The van der Waals surface area contributed by atoms with Gasteiger partial charge < -0.3 is 24.1 Å². The van der Waals surface area contributed by atoms with Crippen molar-refractivity contribution >= 4 is 22.8 Å². The fourth-order valence-corrected chi connectivity index (χ4v) is 5.29. The standard InChI is InChI=1S/C28H32N2O5/c1-3-18-6-5-7-21-23(16-29-27(18)21)22(20-8-9-24-25(14-20)35-17-34-24)15-26(31)30-12-10-19(11-13-30)28(32)33-4-2/h5-9,14,16,19,22,29H,3-4,10-13,15,17H2,1-2H3. The summed E-state index contributed by atoms with van der Waals surface area (Å²) < 4.78 is 16.3. The van der Waals surface area contributed by atoms with Crippen LogP contribution in [0.1, 0.15) is 55.7 Å². The Morgan fingerprint density at radius 1 is 1.11 bits per heavy atom. The van der Waals surface area contributed by atoms with Gasteiger partial charge in [0, 0.05) is 42.5 Å². The molecule has 1 aromatic heterocycles. The first kappa shape index (κ1) is 23.3. The third-order valence-electron chi connectivity index (χ3n) is 7.24. The third-order valence-corrected chi connectivity index (χ3v) is 7.24. The molecule has 184 valence electrons. The molecule has 7 heteroatoms. The highest BCUT2D eigenvalue weighted by atomic mass is 16.7. The van der Waals surface area contributed by atoms with Crippen molar-refractivity contribution in [3.8, 4) is 11.5 Å². The van der Waals surface area contributed by atoms with Gasteiger partial charge >= 0.3 is 5.97 Å². The van der Waals surface area contributed by atoms with Crippen LogP contribution < -0.4 is 9.47 Å². The molecular weight excluding hydrogens is 444 g/mol. The summed E-state index contributed by atoms with van der Waals surface area (Å²) in [7, 11) is 0. The number of amides is 1. The van der Waals surface area contributed by atoms with Crippen molar-refractivity contribution in [2.24, 2.45) is 5.92 Å². The number of hydrogen-bond acceptors (Lipinski definition) is 5. The number of aromatic amines is 1. The molecule has 7 nitrogen and oxygen atoms in total. The maximum Gasteiger partial charge on any atom is 0.309 e. The number of carbonyl (C=O) groups is 2. The predicted octanol–water partition coefficient (Wildman–Crippen LogP) is 4.78. The third kappa shape index (κ3) is 4.59. The van der Waals surface area contributed by atoms with Gasteiger partial charge in [-0.2, -0.15) is 0 Å². The summed E-state index contributed by atoms with van der Waals surface area (Å²) in [5, 5.41) is 1.14. The van der Waals surface area contributed by atoms with Gasteiger partial charge in [0.15, 0.2) is 11.5 Å². The topological polar surface area (TPSA) is 80.9 Å². The zero-order valence-electron chi connectivity index (χ0n) is 20.3. The van der Waals surface area contributed by atoms with Crippen LogP contribution >= 0.6 is 0 Å². The number of H-pyrrole nitrogens is 1. The molecule has 1 N–H and O–H groups in total. The van der Waals surface area contributed by atoms with Crippen molar-refractivity contribution in [3.05, 3.63) is 59.3 Å². The molecule has 0 spiro atoms. The Kier molecular flexibility index (Phi) is 6.66. The number of fused-ring (bicyclic) bond motifs is 2. The number of piperidine rings is 1. The number of rotatable bonds is 7. The average molecular weight is 477 g/mol. The highest BCUT2D eigenvalue weighted by Gasteiger charge is 2.31. The molecule has 0 saturated carbocycles. The maximum atomic E-state index is 13.5. The fraction of sp³-hybridized carbons (Fsp3) is 0.429. The van der Waals surface area contributed by atoms with E-state index in [1.165, 1.54) is 5.56 Å². The van der Waals surface area contributed by atoms with Crippen LogP contribution in [-0.4, -0.2) is 48.2 Å². The van der Waals surface area contributed by atoms with Crippen LogP contribution in [0.25, 0.3) is 10.9 Å². The van der Waals surface area contributed by atoms with E-state index < -0.39 is 0 Å². The molecule has 2 aromatic carbocycles. The number of ether oxygens (including phenoxy) is 3. The van der Waals surface area contributed by atoms with Gasteiger partial charge in [0.1, 0.15) is 0 Å². The number of hydrogen-bond donors (Lipinski definition) is 1. The number of para-hydroxylation sites is 1. The minimum absolute atomic E-state index is 0.0935. The van der Waals surface area contributed by atoms with Gasteiger partial charge in [0.05, 0.1) is 12.5 Å². The van der Waals surface area contributed by atoms with Crippen LogP contribution in [0.4, 0.5) is 0 Å². The lowest BCUT2D eigenvalue weighted by molar-refractivity contribution is -0.151. The number of likely N-dealkylation sites (tertiary alicyclic amines) is 1. The molecule has 1 saturated heterocycles. The highest BCUT2D eigenvalue weighted by Crippen LogP contribution is 2.40. The van der Waals surface area contributed by atoms with E-state index in [1.54, 1.807) is 0 Å². The van der Waals surface area contributed by atoms with Crippen LogP contribution in [0.15, 0.2) is 42.6 Å². The maximum absolute atomic E-state index is 13.5. The molecule has 0 bridgehead atoms. The summed E-state index contributed by atoms with van der Waals surface area (Å²) >= 11 is 0. The Labute approximate surface area is 205 Å². The van der Waals surface area contributed by atoms with Gasteiger partial charge in [-0.05, 0) is 55.0 Å². The Morgan fingerprint density at radius 3 is 2.69 bits per heavy atom. The lowest BCUT2D eigenvalue weighted by Gasteiger charge is -2.32. The van der Waals surface area contributed by atoms with E-state index in [0.29, 0.717) is 44.7 Å². The van der Waals surface area contributed by atoms with E-state index in [2.05, 4.69) is 30.1 Å². The largest absolute Gasteiger partial charge is 0.466 e. The number of aromatic nitrogens is 1. The van der Waals surface area contributed by atoms with Gasteiger partial charge in [0.2, 0.25) is 12.7 Å². The monoisotopic (exact) mass is 476 g/mol. The molecule has 2 aliphatic rings. The molecule has 0 radical (unpaired) electrons. The van der Waals surface area contributed by atoms with Crippen molar-refractivity contribution in [1.82, 2.24) is 9.88 Å². The fourth-order valence-electron chi connectivity index (χ4n) is 5.29. The molecule has 35 heavy (non-hydrogen) atoms. The smallest absolute Gasteiger partial charge is 0.309 e. The van der Waals surface area contributed by atoms with Crippen LogP contribution in [0.2, 0.25) is 0 Å². The highest BCUT2D eigenvalue weighted by molar-refractivity contribution is 5.88. The quantitative estimate of drug-likeness (QED) is 0.496. The normalized spacial score (nSPS) is 16.5. The van der Waals surface area contributed by atoms with E-state index >= 15 is 0 Å². The second-order valence-electron chi connectivity index (χ2n) is 9.21. The number of carbonyl (C=O) groups excluding carboxylic acids is 2. The Hall–Kier alpha value is -3.48. The minimum atomic E-state index is -0.150. The van der Waals surface area contributed by atoms with E-state index in [9.17, 15) is 9.59 Å². The van der Waals surface area contributed by atoms with E-state index in [4.69, 9.17) is 14.2 Å². The van der Waals surface area contributed by atoms with Gasteiger partial charge in [-0.1, -0.05) is 31.2 Å². The average Bonchev–Trinajstić information content (AvgIpc) is 3.54. The molecule has 1 unspecified atom stereocenters. The van der Waals surface area contributed by atoms with Gasteiger partial charge in [0.25, 0.3) is 0 Å².